The minimum atomic E-state index is -0.732. The van der Waals surface area contributed by atoms with Gasteiger partial charge in [-0.15, -0.1) is 0 Å². The molecule has 0 radical (unpaired) electrons. The van der Waals surface area contributed by atoms with Gasteiger partial charge in [-0.25, -0.2) is 13.2 Å². The van der Waals surface area contributed by atoms with Crippen molar-refractivity contribution in [3.63, 3.8) is 0 Å². The number of phenols is 1. The lowest BCUT2D eigenvalue weighted by Crippen LogP contribution is -2.14. The topological polar surface area (TPSA) is 20.2 Å². The molecule has 1 fully saturated rings. The molecule has 0 amide bonds. The van der Waals surface area contributed by atoms with E-state index < -0.39 is 23.2 Å². The first-order valence-electron chi connectivity index (χ1n) is 10.9. The summed E-state index contributed by atoms with van der Waals surface area (Å²) in [7, 11) is 0. The summed E-state index contributed by atoms with van der Waals surface area (Å²) in [4.78, 5) is 0. The van der Waals surface area contributed by atoms with Gasteiger partial charge in [0.2, 0.25) is 0 Å². The van der Waals surface area contributed by atoms with E-state index in [1.165, 1.54) is 49.6 Å². The Bertz CT molecular complexity index is 1030. The Kier molecular flexibility index (Phi) is 6.03. The molecule has 3 aromatic carbocycles. The normalized spacial score (nSPS) is 19.3. The first-order valence-corrected chi connectivity index (χ1v) is 10.9. The molecular formula is C26H27F3O. The second-order valence-electron chi connectivity index (χ2n) is 8.55. The summed E-state index contributed by atoms with van der Waals surface area (Å²) in [6.45, 7) is 2.20. The van der Waals surface area contributed by atoms with Crippen molar-refractivity contribution in [1.29, 1.82) is 0 Å². The van der Waals surface area contributed by atoms with Crippen molar-refractivity contribution in [3.8, 4) is 16.9 Å². The summed E-state index contributed by atoms with van der Waals surface area (Å²) >= 11 is 0. The van der Waals surface area contributed by atoms with Crippen LogP contribution < -0.4 is 0 Å². The monoisotopic (exact) mass is 412 g/mol. The second kappa shape index (κ2) is 8.71. The molecule has 1 nitrogen and oxygen atoms in total. The number of hydrogen-bond acceptors (Lipinski definition) is 1. The lowest BCUT2D eigenvalue weighted by Gasteiger charge is -2.29. The molecule has 158 valence electrons. The molecule has 1 saturated carbocycles. The van der Waals surface area contributed by atoms with Crippen LogP contribution in [0.25, 0.3) is 21.9 Å². The molecule has 0 atom stereocenters. The van der Waals surface area contributed by atoms with E-state index in [4.69, 9.17) is 0 Å². The summed E-state index contributed by atoms with van der Waals surface area (Å²) in [6.07, 6.45) is 7.92. The standard InChI is InChI=1S/C26H27F3O/c1-2-3-4-16-5-7-17(8-6-16)20-14-22(27)25(23(28)15-20)19-9-11-21-18(13-19)10-12-24(30)26(21)29/h9-17,30H,2-8H2,1H3. The lowest BCUT2D eigenvalue weighted by atomic mass is 9.77. The van der Waals surface area contributed by atoms with Crippen LogP contribution in [0.2, 0.25) is 0 Å². The van der Waals surface area contributed by atoms with Crippen LogP contribution >= 0.6 is 0 Å². The summed E-state index contributed by atoms with van der Waals surface area (Å²) in [5, 5.41) is 10.2. The average molecular weight is 412 g/mol. The van der Waals surface area contributed by atoms with Crippen LogP contribution in [0.3, 0.4) is 0 Å². The smallest absolute Gasteiger partial charge is 0.172 e. The van der Waals surface area contributed by atoms with Crippen LogP contribution in [0.4, 0.5) is 13.2 Å². The molecule has 1 N–H and O–H groups in total. The number of phenolic OH excluding ortho intramolecular Hbond substituents is 1. The Labute approximate surface area is 175 Å². The lowest BCUT2D eigenvalue weighted by molar-refractivity contribution is 0.303. The molecule has 30 heavy (non-hydrogen) atoms. The minimum Gasteiger partial charge on any atom is -0.505 e. The predicted octanol–water partition coefficient (Wildman–Crippen LogP) is 8.09. The maximum atomic E-state index is 15.0. The zero-order chi connectivity index (χ0) is 21.3. The van der Waals surface area contributed by atoms with Crippen molar-refractivity contribution in [2.24, 2.45) is 5.92 Å². The number of fused-ring (bicyclic) bond motifs is 1. The van der Waals surface area contributed by atoms with Gasteiger partial charge in [-0.3, -0.25) is 0 Å². The van der Waals surface area contributed by atoms with Crippen molar-refractivity contribution in [1.82, 2.24) is 0 Å². The van der Waals surface area contributed by atoms with Crippen LogP contribution in [-0.4, -0.2) is 5.11 Å². The number of hydrogen-bond donors (Lipinski definition) is 1. The molecule has 0 aliphatic heterocycles. The fourth-order valence-corrected chi connectivity index (χ4v) is 4.82. The Balaban J connectivity index is 1.59. The summed E-state index contributed by atoms with van der Waals surface area (Å²) < 4.78 is 44.0. The third kappa shape index (κ3) is 4.05. The second-order valence-corrected chi connectivity index (χ2v) is 8.55. The van der Waals surface area contributed by atoms with Crippen LogP contribution in [0.1, 0.15) is 63.4 Å². The van der Waals surface area contributed by atoms with Crippen LogP contribution in [0, 0.1) is 23.4 Å². The largest absolute Gasteiger partial charge is 0.505 e. The van der Waals surface area contributed by atoms with Gasteiger partial charge in [-0.2, -0.15) is 0 Å². The highest BCUT2D eigenvalue weighted by Gasteiger charge is 2.24. The molecule has 0 aromatic heterocycles. The van der Waals surface area contributed by atoms with E-state index in [0.717, 1.165) is 37.2 Å². The number of halogens is 3. The van der Waals surface area contributed by atoms with Crippen molar-refractivity contribution in [2.45, 2.75) is 57.8 Å². The third-order valence-electron chi connectivity index (χ3n) is 6.57. The van der Waals surface area contributed by atoms with Crippen LogP contribution in [0.5, 0.6) is 5.75 Å². The minimum absolute atomic E-state index is 0.0919. The zero-order valence-corrected chi connectivity index (χ0v) is 17.2. The molecule has 4 heteroatoms. The number of rotatable bonds is 5. The molecule has 3 aromatic rings. The SMILES string of the molecule is CCCCC1CCC(c2cc(F)c(-c3ccc4c(F)c(O)ccc4c3)c(F)c2)CC1. The predicted molar refractivity (Wildman–Crippen MR) is 115 cm³/mol. The van der Waals surface area contributed by atoms with E-state index >= 15 is 0 Å². The van der Waals surface area contributed by atoms with E-state index in [2.05, 4.69) is 6.92 Å². The molecular weight excluding hydrogens is 385 g/mol. The van der Waals surface area contributed by atoms with Gasteiger partial charge >= 0.3 is 0 Å². The van der Waals surface area contributed by atoms with Gasteiger partial charge in [-0.1, -0.05) is 44.4 Å². The third-order valence-corrected chi connectivity index (χ3v) is 6.57. The van der Waals surface area contributed by atoms with E-state index in [0.29, 0.717) is 10.9 Å². The van der Waals surface area contributed by atoms with Gasteiger partial charge < -0.3 is 5.11 Å². The Hall–Kier alpha value is -2.49. The van der Waals surface area contributed by atoms with E-state index in [9.17, 15) is 18.3 Å². The fourth-order valence-electron chi connectivity index (χ4n) is 4.82. The zero-order valence-electron chi connectivity index (χ0n) is 17.2. The van der Waals surface area contributed by atoms with Gasteiger partial charge in [0.25, 0.3) is 0 Å². The van der Waals surface area contributed by atoms with Crippen molar-refractivity contribution < 1.29 is 18.3 Å². The highest BCUT2D eigenvalue weighted by Crippen LogP contribution is 2.40. The van der Waals surface area contributed by atoms with Crippen LogP contribution in [-0.2, 0) is 0 Å². The Morgan fingerprint density at radius 2 is 1.60 bits per heavy atom. The van der Waals surface area contributed by atoms with E-state index in [-0.39, 0.29) is 16.9 Å². The van der Waals surface area contributed by atoms with Gasteiger partial charge in [0.15, 0.2) is 11.6 Å². The molecule has 4 rings (SSSR count). The number of aromatic hydroxyl groups is 1. The Morgan fingerprint density at radius 1 is 0.900 bits per heavy atom. The molecule has 0 spiro atoms. The number of benzene rings is 3. The molecule has 1 aliphatic rings. The summed E-state index contributed by atoms with van der Waals surface area (Å²) in [5.41, 5.74) is 1.00. The highest BCUT2D eigenvalue weighted by molar-refractivity contribution is 5.89. The quantitative estimate of drug-likeness (QED) is 0.449. The summed E-state index contributed by atoms with van der Waals surface area (Å²) in [6, 6.07) is 10.2. The fraction of sp³-hybridized carbons (Fsp3) is 0.385. The molecule has 0 bridgehead atoms. The van der Waals surface area contributed by atoms with Crippen LogP contribution in [0.15, 0.2) is 42.5 Å². The maximum Gasteiger partial charge on any atom is 0.172 e. The molecule has 0 saturated heterocycles. The van der Waals surface area contributed by atoms with Crippen molar-refractivity contribution >= 4 is 10.8 Å². The van der Waals surface area contributed by atoms with Gasteiger partial charge in [-0.05, 0) is 78.3 Å². The molecule has 0 unspecified atom stereocenters. The first-order chi connectivity index (χ1) is 14.5. The van der Waals surface area contributed by atoms with E-state index in [1.807, 2.05) is 0 Å². The van der Waals surface area contributed by atoms with Crippen molar-refractivity contribution in [3.05, 3.63) is 65.5 Å². The van der Waals surface area contributed by atoms with E-state index in [1.54, 1.807) is 12.1 Å². The summed E-state index contributed by atoms with van der Waals surface area (Å²) in [5.74, 6) is -1.40. The highest BCUT2D eigenvalue weighted by atomic mass is 19.1. The molecule has 0 heterocycles. The Morgan fingerprint density at radius 3 is 2.27 bits per heavy atom. The maximum absolute atomic E-state index is 15.0. The van der Waals surface area contributed by atoms with Crippen molar-refractivity contribution in [2.75, 3.05) is 0 Å². The van der Waals surface area contributed by atoms with Gasteiger partial charge in [0.1, 0.15) is 11.6 Å². The average Bonchev–Trinajstić information content (AvgIpc) is 2.75. The van der Waals surface area contributed by atoms with Gasteiger partial charge in [0.05, 0.1) is 5.56 Å². The molecule has 1 aliphatic carbocycles. The first kappa shape index (κ1) is 20.8. The van der Waals surface area contributed by atoms with Gasteiger partial charge in [0, 0.05) is 5.39 Å². The number of unbranched alkanes of at least 4 members (excludes halogenated alkanes) is 1.